The average molecular weight is 460 g/mol. The molecule has 32 heavy (non-hydrogen) atoms. The summed E-state index contributed by atoms with van der Waals surface area (Å²) in [5.74, 6) is -7.71. The zero-order chi connectivity index (χ0) is 25.2. The maximum Gasteiger partial charge on any atom is 0.326 e. The summed E-state index contributed by atoms with van der Waals surface area (Å²) in [7, 11) is 0. The van der Waals surface area contributed by atoms with Crippen LogP contribution in [0.2, 0.25) is 0 Å². The fourth-order valence-electron chi connectivity index (χ4n) is 2.66. The Bertz CT molecular complexity index is 726. The van der Waals surface area contributed by atoms with Crippen molar-refractivity contribution in [3.05, 3.63) is 0 Å². The third-order valence-corrected chi connectivity index (χ3v) is 4.76. The van der Waals surface area contributed by atoms with E-state index in [0.717, 1.165) is 0 Å². The first-order valence-electron chi connectivity index (χ1n) is 10.0. The molecule has 0 saturated carbocycles. The summed E-state index contributed by atoms with van der Waals surface area (Å²) < 4.78 is 0. The number of carbonyl (C=O) groups excluding carboxylic acids is 3. The number of carbonyl (C=O) groups is 6. The van der Waals surface area contributed by atoms with Gasteiger partial charge in [-0.2, -0.15) is 0 Å². The van der Waals surface area contributed by atoms with Crippen LogP contribution in [0, 0.1) is 11.8 Å². The lowest BCUT2D eigenvalue weighted by molar-refractivity contribution is -0.147. The molecule has 3 amide bonds. The number of carboxylic acids is 3. The number of nitrogens with two attached hydrogens (primary N) is 1. The fourth-order valence-corrected chi connectivity index (χ4v) is 2.66. The molecule has 0 rings (SSSR count). The highest BCUT2D eigenvalue weighted by Gasteiger charge is 2.34. The molecular weight excluding hydrogens is 428 g/mol. The van der Waals surface area contributed by atoms with Crippen LogP contribution < -0.4 is 21.7 Å². The maximum absolute atomic E-state index is 12.8. The van der Waals surface area contributed by atoms with E-state index in [2.05, 4.69) is 16.0 Å². The van der Waals surface area contributed by atoms with E-state index in [4.69, 9.17) is 21.1 Å². The van der Waals surface area contributed by atoms with E-state index in [9.17, 15) is 28.8 Å². The van der Waals surface area contributed by atoms with Crippen LogP contribution in [0.25, 0.3) is 0 Å². The predicted octanol–water partition coefficient (Wildman–Crippen LogP) is -1.50. The molecule has 8 N–H and O–H groups in total. The number of hydrogen-bond acceptors (Lipinski definition) is 7. The van der Waals surface area contributed by atoms with Crippen LogP contribution >= 0.6 is 0 Å². The summed E-state index contributed by atoms with van der Waals surface area (Å²) >= 11 is 0. The Hall–Kier alpha value is -3.22. The van der Waals surface area contributed by atoms with Crippen molar-refractivity contribution in [2.45, 2.75) is 71.1 Å². The molecular formula is C19H32N4O9. The molecule has 13 heteroatoms. The van der Waals surface area contributed by atoms with Crippen molar-refractivity contribution in [3.63, 3.8) is 0 Å². The van der Waals surface area contributed by atoms with E-state index >= 15 is 0 Å². The van der Waals surface area contributed by atoms with Gasteiger partial charge in [0.15, 0.2) is 0 Å². The first-order chi connectivity index (χ1) is 14.7. The van der Waals surface area contributed by atoms with Crippen LogP contribution in [0.5, 0.6) is 0 Å². The van der Waals surface area contributed by atoms with E-state index < -0.39 is 84.5 Å². The van der Waals surface area contributed by atoms with Crippen LogP contribution in [0.4, 0.5) is 0 Å². The minimum Gasteiger partial charge on any atom is -0.481 e. The number of hydrogen-bond donors (Lipinski definition) is 7. The number of rotatable bonds is 14. The molecule has 0 aromatic heterocycles. The smallest absolute Gasteiger partial charge is 0.326 e. The van der Waals surface area contributed by atoms with Crippen molar-refractivity contribution in [1.29, 1.82) is 0 Å². The third-order valence-electron chi connectivity index (χ3n) is 4.76. The molecule has 5 atom stereocenters. The molecule has 182 valence electrons. The normalized spacial score (nSPS) is 15.6. The predicted molar refractivity (Wildman–Crippen MR) is 110 cm³/mol. The standard InChI is InChI=1S/C19H32N4O9/c1-5-9(4)15(18(30)21-11(19(31)32)7-13(26)27)23-17(29)14(8(2)3)22-16(28)10(20)6-12(24)25/h8-11,14-15H,5-7,20H2,1-4H3,(H,21,30)(H,22,28)(H,23,29)(H,24,25)(H,26,27)(H,31,32). The van der Waals surface area contributed by atoms with Gasteiger partial charge in [0, 0.05) is 0 Å². The Kier molecular flexibility index (Phi) is 11.9. The van der Waals surface area contributed by atoms with Gasteiger partial charge >= 0.3 is 17.9 Å². The SMILES string of the molecule is CCC(C)C(NC(=O)C(NC(=O)C(N)CC(=O)O)C(C)C)C(=O)NC(CC(=O)O)C(=O)O. The summed E-state index contributed by atoms with van der Waals surface area (Å²) in [5, 5.41) is 33.7. The minimum atomic E-state index is -1.70. The summed E-state index contributed by atoms with van der Waals surface area (Å²) in [6.45, 7) is 6.58. The van der Waals surface area contributed by atoms with Gasteiger partial charge in [-0.25, -0.2) is 4.79 Å². The van der Waals surface area contributed by atoms with E-state index in [1.165, 1.54) is 0 Å². The molecule has 0 saturated heterocycles. The van der Waals surface area contributed by atoms with Crippen LogP contribution in [0.1, 0.15) is 47.0 Å². The highest BCUT2D eigenvalue weighted by atomic mass is 16.4. The molecule has 0 heterocycles. The lowest BCUT2D eigenvalue weighted by Gasteiger charge is -2.29. The molecule has 0 aromatic carbocycles. The summed E-state index contributed by atoms with van der Waals surface area (Å²) in [5.41, 5.74) is 5.52. The van der Waals surface area contributed by atoms with E-state index in [1.807, 2.05) is 0 Å². The first kappa shape index (κ1) is 28.8. The maximum atomic E-state index is 12.8. The molecule has 0 radical (unpaired) electrons. The van der Waals surface area contributed by atoms with E-state index in [1.54, 1.807) is 27.7 Å². The molecule has 0 aliphatic heterocycles. The fraction of sp³-hybridized carbons (Fsp3) is 0.684. The summed E-state index contributed by atoms with van der Waals surface area (Å²) in [6, 6.07) is -5.45. The van der Waals surface area contributed by atoms with Gasteiger partial charge in [-0.3, -0.25) is 24.0 Å². The van der Waals surface area contributed by atoms with Gasteiger partial charge in [0.1, 0.15) is 18.1 Å². The van der Waals surface area contributed by atoms with E-state index in [-0.39, 0.29) is 0 Å². The molecule has 0 aliphatic carbocycles. The number of nitrogens with one attached hydrogen (secondary N) is 3. The lowest BCUT2D eigenvalue weighted by atomic mass is 9.96. The summed E-state index contributed by atoms with van der Waals surface area (Å²) in [4.78, 5) is 70.5. The molecule has 0 bridgehead atoms. The van der Waals surface area contributed by atoms with Gasteiger partial charge < -0.3 is 37.0 Å². The van der Waals surface area contributed by atoms with Gasteiger partial charge in [0.2, 0.25) is 17.7 Å². The van der Waals surface area contributed by atoms with Gasteiger partial charge in [0.25, 0.3) is 0 Å². The van der Waals surface area contributed by atoms with Crippen LogP contribution in [-0.4, -0.2) is 75.1 Å². The second-order valence-corrected chi connectivity index (χ2v) is 7.80. The van der Waals surface area contributed by atoms with Gasteiger partial charge in [-0.05, 0) is 11.8 Å². The van der Waals surface area contributed by atoms with Crippen molar-refractivity contribution < 1.29 is 44.1 Å². The number of aliphatic carboxylic acids is 3. The van der Waals surface area contributed by atoms with Crippen molar-refractivity contribution in [1.82, 2.24) is 16.0 Å². The first-order valence-corrected chi connectivity index (χ1v) is 10.0. The van der Waals surface area contributed by atoms with Gasteiger partial charge in [-0.15, -0.1) is 0 Å². The van der Waals surface area contributed by atoms with Crippen molar-refractivity contribution in [3.8, 4) is 0 Å². The summed E-state index contributed by atoms with van der Waals surface area (Å²) in [6.07, 6.45) is -1.08. The van der Waals surface area contributed by atoms with Gasteiger partial charge in [0.05, 0.1) is 18.9 Å². The number of carboxylic acid groups (broad SMARTS) is 3. The minimum absolute atomic E-state index is 0.414. The molecule has 5 unspecified atom stereocenters. The molecule has 0 aliphatic rings. The second kappa shape index (κ2) is 13.2. The Morgan fingerprint density at radius 1 is 0.750 bits per heavy atom. The highest BCUT2D eigenvalue weighted by Crippen LogP contribution is 2.11. The second-order valence-electron chi connectivity index (χ2n) is 7.80. The van der Waals surface area contributed by atoms with Crippen molar-refractivity contribution in [2.75, 3.05) is 0 Å². The van der Waals surface area contributed by atoms with E-state index in [0.29, 0.717) is 6.42 Å². The Labute approximate surface area is 185 Å². The van der Waals surface area contributed by atoms with Crippen LogP contribution in [0.3, 0.4) is 0 Å². The van der Waals surface area contributed by atoms with Gasteiger partial charge in [-0.1, -0.05) is 34.1 Å². The Morgan fingerprint density at radius 2 is 1.22 bits per heavy atom. The monoisotopic (exact) mass is 460 g/mol. The zero-order valence-electron chi connectivity index (χ0n) is 18.5. The molecule has 0 aromatic rings. The molecule has 13 nitrogen and oxygen atoms in total. The van der Waals surface area contributed by atoms with Crippen LogP contribution in [-0.2, 0) is 28.8 Å². The lowest BCUT2D eigenvalue weighted by Crippen LogP contribution is -2.60. The average Bonchev–Trinajstić information content (AvgIpc) is 2.67. The van der Waals surface area contributed by atoms with Crippen molar-refractivity contribution in [2.24, 2.45) is 17.6 Å². The Balaban J connectivity index is 5.52. The molecule has 0 spiro atoms. The zero-order valence-corrected chi connectivity index (χ0v) is 18.5. The topological polar surface area (TPSA) is 225 Å². The van der Waals surface area contributed by atoms with Crippen LogP contribution in [0.15, 0.2) is 0 Å². The largest absolute Gasteiger partial charge is 0.481 e. The quantitative estimate of drug-likeness (QED) is 0.159. The number of amides is 3. The molecule has 0 fully saturated rings. The highest BCUT2D eigenvalue weighted by molar-refractivity contribution is 5.95. The van der Waals surface area contributed by atoms with Crippen molar-refractivity contribution >= 4 is 35.6 Å². The third kappa shape index (κ3) is 9.73. The Morgan fingerprint density at radius 3 is 1.62 bits per heavy atom.